The highest BCUT2D eigenvalue weighted by molar-refractivity contribution is 5.79. The number of para-hydroxylation sites is 1. The fraction of sp³-hybridized carbons (Fsp3) is 0.400. The molecule has 7 nitrogen and oxygen atoms in total. The number of aromatic nitrogens is 2. The first-order valence-electron chi connectivity index (χ1n) is 7.18. The van der Waals surface area contributed by atoms with Gasteiger partial charge in [-0.05, 0) is 12.1 Å². The zero-order valence-corrected chi connectivity index (χ0v) is 13.4. The molecule has 23 heavy (non-hydrogen) atoms. The third-order valence-electron chi connectivity index (χ3n) is 3.07. The molecule has 0 bridgehead atoms. The van der Waals surface area contributed by atoms with Crippen LogP contribution in [0.25, 0.3) is 0 Å². The number of hydrogen-bond donors (Lipinski definition) is 1. The number of aliphatic imine (C=N–C) groups is 1. The van der Waals surface area contributed by atoms with Crippen molar-refractivity contribution in [1.29, 1.82) is 0 Å². The Morgan fingerprint density at radius 1 is 1.43 bits per heavy atom. The van der Waals surface area contributed by atoms with Gasteiger partial charge in [0.25, 0.3) is 0 Å². The van der Waals surface area contributed by atoms with Crippen LogP contribution in [0.5, 0.6) is 5.75 Å². The van der Waals surface area contributed by atoms with Crippen molar-refractivity contribution in [3.8, 4) is 5.75 Å². The molecule has 0 aliphatic rings. The van der Waals surface area contributed by atoms with E-state index in [-0.39, 0.29) is 11.6 Å². The van der Waals surface area contributed by atoms with Crippen LogP contribution in [0.4, 0.5) is 4.39 Å². The Kier molecular flexibility index (Phi) is 5.90. The number of ether oxygens (including phenoxy) is 1. The van der Waals surface area contributed by atoms with Gasteiger partial charge in [0.05, 0.1) is 13.1 Å². The molecule has 0 radical (unpaired) electrons. The zero-order valence-electron chi connectivity index (χ0n) is 13.4. The van der Waals surface area contributed by atoms with Gasteiger partial charge in [0.1, 0.15) is 6.61 Å². The number of likely N-dealkylation sites (N-methyl/N-ethyl adjacent to an activating group) is 1. The van der Waals surface area contributed by atoms with E-state index < -0.39 is 0 Å². The van der Waals surface area contributed by atoms with Crippen molar-refractivity contribution in [2.75, 3.05) is 27.2 Å². The molecule has 124 valence electrons. The smallest absolute Gasteiger partial charge is 0.223 e. The summed E-state index contributed by atoms with van der Waals surface area (Å²) in [6.45, 7) is 3.01. The molecule has 1 heterocycles. The highest BCUT2D eigenvalue weighted by atomic mass is 19.1. The number of rotatable bonds is 6. The van der Waals surface area contributed by atoms with Crippen molar-refractivity contribution in [2.45, 2.75) is 13.5 Å². The van der Waals surface area contributed by atoms with Gasteiger partial charge in [-0.2, -0.15) is 4.98 Å². The minimum atomic E-state index is -0.370. The van der Waals surface area contributed by atoms with E-state index in [1.165, 1.54) is 6.07 Å². The average molecular weight is 321 g/mol. The van der Waals surface area contributed by atoms with Gasteiger partial charge in [-0.3, -0.25) is 4.99 Å². The van der Waals surface area contributed by atoms with E-state index in [0.717, 1.165) is 0 Å². The monoisotopic (exact) mass is 321 g/mol. The summed E-state index contributed by atoms with van der Waals surface area (Å²) in [5, 5.41) is 6.92. The molecule has 0 saturated carbocycles. The second-order valence-corrected chi connectivity index (χ2v) is 4.83. The van der Waals surface area contributed by atoms with Gasteiger partial charge in [0, 0.05) is 21.0 Å². The Morgan fingerprint density at radius 3 is 2.87 bits per heavy atom. The summed E-state index contributed by atoms with van der Waals surface area (Å²) < 4.78 is 23.8. The van der Waals surface area contributed by atoms with Crippen LogP contribution in [0.1, 0.15) is 11.7 Å². The lowest BCUT2D eigenvalue weighted by molar-refractivity contribution is 0.270. The van der Waals surface area contributed by atoms with Crippen LogP contribution in [0.2, 0.25) is 0 Å². The Balaban J connectivity index is 1.78. The van der Waals surface area contributed by atoms with Crippen molar-refractivity contribution >= 4 is 5.96 Å². The highest BCUT2D eigenvalue weighted by Gasteiger charge is 2.09. The lowest BCUT2D eigenvalue weighted by Crippen LogP contribution is -2.40. The van der Waals surface area contributed by atoms with Crippen molar-refractivity contribution in [1.82, 2.24) is 20.4 Å². The van der Waals surface area contributed by atoms with E-state index in [1.54, 1.807) is 32.2 Å². The van der Waals surface area contributed by atoms with Gasteiger partial charge in [0.15, 0.2) is 23.4 Å². The number of hydrogen-bond acceptors (Lipinski definition) is 5. The van der Waals surface area contributed by atoms with Gasteiger partial charge in [-0.25, -0.2) is 4.39 Å². The summed E-state index contributed by atoms with van der Waals surface area (Å²) in [6.07, 6.45) is 0. The number of nitrogens with one attached hydrogen (secondary N) is 1. The molecule has 0 saturated heterocycles. The Bertz CT molecular complexity index is 659. The molecule has 1 N–H and O–H groups in total. The van der Waals surface area contributed by atoms with Gasteiger partial charge in [-0.1, -0.05) is 17.3 Å². The molecule has 0 atom stereocenters. The zero-order chi connectivity index (χ0) is 16.7. The summed E-state index contributed by atoms with van der Waals surface area (Å²) >= 11 is 0. The largest absolute Gasteiger partial charge is 0.489 e. The highest BCUT2D eigenvalue weighted by Crippen LogP contribution is 2.14. The molecule has 0 spiro atoms. The Labute approximate surface area is 134 Å². The molecule has 0 fully saturated rings. The van der Waals surface area contributed by atoms with E-state index in [9.17, 15) is 4.39 Å². The minimum absolute atomic E-state index is 0.242. The summed E-state index contributed by atoms with van der Waals surface area (Å²) in [7, 11) is 3.54. The molecule has 1 aromatic carbocycles. The number of benzene rings is 1. The molecule has 2 aromatic rings. The predicted octanol–water partition coefficient (Wildman–Crippen LogP) is 1.60. The quantitative estimate of drug-likeness (QED) is 0.643. The molecule has 1 aromatic heterocycles. The molecule has 0 aliphatic heterocycles. The SMILES string of the molecule is CN=C(NCc1noc(C)n1)N(C)CCOc1ccccc1F. The topological polar surface area (TPSA) is 75.8 Å². The van der Waals surface area contributed by atoms with Crippen molar-refractivity contribution in [3.63, 3.8) is 0 Å². The van der Waals surface area contributed by atoms with Crippen molar-refractivity contribution in [2.24, 2.45) is 4.99 Å². The van der Waals surface area contributed by atoms with E-state index in [1.807, 2.05) is 11.9 Å². The number of halogens is 1. The first-order chi connectivity index (χ1) is 11.1. The van der Waals surface area contributed by atoms with Crippen LogP contribution in [0.15, 0.2) is 33.8 Å². The van der Waals surface area contributed by atoms with E-state index >= 15 is 0 Å². The fourth-order valence-electron chi connectivity index (χ4n) is 1.92. The molecular weight excluding hydrogens is 301 g/mol. The van der Waals surface area contributed by atoms with E-state index in [4.69, 9.17) is 9.26 Å². The summed E-state index contributed by atoms with van der Waals surface area (Å²) in [5.41, 5.74) is 0. The molecule has 0 aliphatic carbocycles. The molecule has 0 amide bonds. The van der Waals surface area contributed by atoms with E-state index in [2.05, 4.69) is 20.4 Å². The maximum atomic E-state index is 13.5. The van der Waals surface area contributed by atoms with Crippen LogP contribution in [0, 0.1) is 12.7 Å². The average Bonchev–Trinajstić information content (AvgIpc) is 2.95. The Morgan fingerprint density at radius 2 is 2.22 bits per heavy atom. The third kappa shape index (κ3) is 4.94. The summed E-state index contributed by atoms with van der Waals surface area (Å²) in [5.74, 6) is 1.60. The Hall–Kier alpha value is -2.64. The number of guanidine groups is 1. The van der Waals surface area contributed by atoms with Crippen LogP contribution < -0.4 is 10.1 Å². The number of nitrogens with zero attached hydrogens (tertiary/aromatic N) is 4. The number of aryl methyl sites for hydroxylation is 1. The molecule has 8 heteroatoms. The van der Waals surface area contributed by atoms with Crippen LogP contribution in [-0.2, 0) is 6.54 Å². The second-order valence-electron chi connectivity index (χ2n) is 4.83. The van der Waals surface area contributed by atoms with E-state index in [0.29, 0.717) is 37.4 Å². The first kappa shape index (κ1) is 16.7. The molecular formula is C15H20FN5O2. The van der Waals surface area contributed by atoms with Crippen LogP contribution in [0.3, 0.4) is 0 Å². The van der Waals surface area contributed by atoms with Crippen molar-refractivity contribution < 1.29 is 13.7 Å². The van der Waals surface area contributed by atoms with Crippen molar-refractivity contribution in [3.05, 3.63) is 41.8 Å². The lowest BCUT2D eigenvalue weighted by Gasteiger charge is -2.21. The standard InChI is InChI=1S/C15H20FN5O2/c1-11-19-14(20-23-11)10-18-15(17-2)21(3)8-9-22-13-7-5-4-6-12(13)16/h4-7H,8-10H2,1-3H3,(H,17,18). The summed E-state index contributed by atoms with van der Waals surface area (Å²) in [4.78, 5) is 10.1. The summed E-state index contributed by atoms with van der Waals surface area (Å²) in [6, 6.07) is 6.32. The molecule has 0 unspecified atom stereocenters. The van der Waals surface area contributed by atoms with Gasteiger partial charge in [-0.15, -0.1) is 0 Å². The van der Waals surface area contributed by atoms with Crippen LogP contribution >= 0.6 is 0 Å². The van der Waals surface area contributed by atoms with Gasteiger partial charge in [0.2, 0.25) is 5.89 Å². The van der Waals surface area contributed by atoms with Crippen LogP contribution in [-0.4, -0.2) is 48.2 Å². The minimum Gasteiger partial charge on any atom is -0.489 e. The maximum absolute atomic E-state index is 13.5. The van der Waals surface area contributed by atoms with Gasteiger partial charge >= 0.3 is 0 Å². The maximum Gasteiger partial charge on any atom is 0.223 e. The fourth-order valence-corrected chi connectivity index (χ4v) is 1.92. The third-order valence-corrected chi connectivity index (χ3v) is 3.07. The lowest BCUT2D eigenvalue weighted by atomic mass is 10.3. The normalized spacial score (nSPS) is 11.4. The van der Waals surface area contributed by atoms with Gasteiger partial charge < -0.3 is 19.5 Å². The second kappa shape index (κ2) is 8.11. The molecule has 2 rings (SSSR count). The predicted molar refractivity (Wildman–Crippen MR) is 83.8 cm³/mol. The first-order valence-corrected chi connectivity index (χ1v) is 7.18.